The summed E-state index contributed by atoms with van der Waals surface area (Å²) in [6, 6.07) is 17.3. The predicted molar refractivity (Wildman–Crippen MR) is 147 cm³/mol. The second kappa shape index (κ2) is 10.9. The zero-order valence-corrected chi connectivity index (χ0v) is 22.9. The SMILES string of the molecule is COc1cc(-c2ccc(C3(C(=O)O)CC3)cc2)ccc1-c1onc(C)c1NC(=O)O[C@H](C)c1cccc(C(F)(F)F)c1. The molecule has 4 aromatic rings. The van der Waals surface area contributed by atoms with Gasteiger partial charge < -0.3 is 19.1 Å². The molecular weight excluding hydrogens is 553 g/mol. The summed E-state index contributed by atoms with van der Waals surface area (Å²) in [7, 11) is 1.48. The highest BCUT2D eigenvalue weighted by atomic mass is 19.4. The van der Waals surface area contributed by atoms with Crippen LogP contribution in [0.25, 0.3) is 22.5 Å². The molecule has 0 radical (unpaired) electrons. The van der Waals surface area contributed by atoms with Crippen LogP contribution in [0.15, 0.2) is 71.3 Å². The molecule has 0 bridgehead atoms. The molecule has 3 aromatic carbocycles. The topological polar surface area (TPSA) is 111 Å². The molecule has 1 aliphatic carbocycles. The number of nitrogens with one attached hydrogen (secondary N) is 1. The number of aromatic nitrogens is 1. The largest absolute Gasteiger partial charge is 0.496 e. The van der Waals surface area contributed by atoms with E-state index >= 15 is 0 Å². The van der Waals surface area contributed by atoms with Crippen molar-refractivity contribution in [3.8, 4) is 28.2 Å². The average Bonchev–Trinajstić information content (AvgIpc) is 3.72. The van der Waals surface area contributed by atoms with E-state index in [-0.39, 0.29) is 17.0 Å². The van der Waals surface area contributed by atoms with E-state index in [1.165, 1.54) is 26.2 Å². The van der Waals surface area contributed by atoms with Gasteiger partial charge >= 0.3 is 18.2 Å². The molecule has 2 N–H and O–H groups in total. The molecule has 1 amide bonds. The Hall–Kier alpha value is -4.80. The summed E-state index contributed by atoms with van der Waals surface area (Å²) in [6.45, 7) is 3.09. The third-order valence-corrected chi connectivity index (χ3v) is 7.43. The van der Waals surface area contributed by atoms with Crippen LogP contribution in [0.3, 0.4) is 0 Å². The minimum Gasteiger partial charge on any atom is -0.496 e. The summed E-state index contributed by atoms with van der Waals surface area (Å²) in [5, 5.41) is 16.1. The Balaban J connectivity index is 1.35. The van der Waals surface area contributed by atoms with Gasteiger partial charge in [-0.25, -0.2) is 4.79 Å². The molecule has 8 nitrogen and oxygen atoms in total. The molecule has 1 heterocycles. The third-order valence-electron chi connectivity index (χ3n) is 7.43. The maximum atomic E-state index is 13.1. The molecule has 42 heavy (non-hydrogen) atoms. The maximum Gasteiger partial charge on any atom is 0.416 e. The van der Waals surface area contributed by atoms with E-state index in [1.54, 1.807) is 19.1 Å². The molecule has 0 spiro atoms. The van der Waals surface area contributed by atoms with Crippen LogP contribution >= 0.6 is 0 Å². The van der Waals surface area contributed by atoms with Crippen LogP contribution in [0.5, 0.6) is 5.75 Å². The van der Waals surface area contributed by atoms with Crippen molar-refractivity contribution in [3.63, 3.8) is 0 Å². The van der Waals surface area contributed by atoms with Crippen molar-refractivity contribution in [1.82, 2.24) is 5.16 Å². The van der Waals surface area contributed by atoms with E-state index < -0.39 is 35.3 Å². The number of hydrogen-bond acceptors (Lipinski definition) is 6. The van der Waals surface area contributed by atoms with Gasteiger partial charge in [-0.3, -0.25) is 10.1 Å². The summed E-state index contributed by atoms with van der Waals surface area (Å²) >= 11 is 0. The quantitative estimate of drug-likeness (QED) is 0.219. The number of ether oxygens (including phenoxy) is 2. The summed E-state index contributed by atoms with van der Waals surface area (Å²) in [5.41, 5.74) is 2.03. The third kappa shape index (κ3) is 5.54. The Morgan fingerprint density at radius 3 is 2.36 bits per heavy atom. The van der Waals surface area contributed by atoms with E-state index in [2.05, 4.69) is 10.5 Å². The summed E-state index contributed by atoms with van der Waals surface area (Å²) in [6.07, 6.45) is -5.16. The Bertz CT molecular complexity index is 1640. The van der Waals surface area contributed by atoms with Crippen molar-refractivity contribution in [2.75, 3.05) is 12.4 Å². The molecule has 5 rings (SSSR count). The van der Waals surface area contributed by atoms with Gasteiger partial charge in [-0.2, -0.15) is 13.2 Å². The number of methoxy groups -OCH3 is 1. The van der Waals surface area contributed by atoms with E-state index in [0.29, 0.717) is 29.8 Å². The molecule has 1 aromatic heterocycles. The Morgan fingerprint density at radius 2 is 1.74 bits per heavy atom. The number of benzene rings is 3. The summed E-state index contributed by atoms with van der Waals surface area (Å²) < 4.78 is 55.8. The zero-order valence-electron chi connectivity index (χ0n) is 22.9. The van der Waals surface area contributed by atoms with Crippen LogP contribution in [0.1, 0.15) is 48.3 Å². The molecule has 1 atom stereocenters. The van der Waals surface area contributed by atoms with Crippen LogP contribution < -0.4 is 10.1 Å². The molecule has 218 valence electrons. The maximum absolute atomic E-state index is 13.1. The minimum atomic E-state index is -4.52. The molecule has 11 heteroatoms. The first kappa shape index (κ1) is 28.7. The van der Waals surface area contributed by atoms with Crippen molar-refractivity contribution in [2.24, 2.45) is 0 Å². The van der Waals surface area contributed by atoms with Gasteiger partial charge in [0, 0.05) is 0 Å². The van der Waals surface area contributed by atoms with Crippen LogP contribution in [-0.2, 0) is 21.1 Å². The predicted octanol–water partition coefficient (Wildman–Crippen LogP) is 7.77. The van der Waals surface area contributed by atoms with E-state index in [0.717, 1.165) is 28.8 Å². The Kier molecular flexibility index (Phi) is 7.44. The lowest BCUT2D eigenvalue weighted by molar-refractivity contribution is -0.140. The van der Waals surface area contributed by atoms with Crippen molar-refractivity contribution in [3.05, 3.63) is 89.1 Å². The van der Waals surface area contributed by atoms with Gasteiger partial charge in [0.25, 0.3) is 0 Å². The molecule has 0 unspecified atom stereocenters. The van der Waals surface area contributed by atoms with E-state index in [4.69, 9.17) is 14.0 Å². The van der Waals surface area contributed by atoms with Crippen molar-refractivity contribution in [2.45, 2.75) is 44.4 Å². The van der Waals surface area contributed by atoms with Crippen LogP contribution in [0.4, 0.5) is 23.7 Å². The van der Waals surface area contributed by atoms with Gasteiger partial charge in [-0.05, 0) is 73.2 Å². The molecule has 0 saturated heterocycles. The number of carbonyl (C=O) groups is 2. The fraction of sp³-hybridized carbons (Fsp3) is 0.258. The number of carboxylic acid groups (broad SMARTS) is 1. The number of carboxylic acids is 1. The smallest absolute Gasteiger partial charge is 0.416 e. The summed E-state index contributed by atoms with van der Waals surface area (Å²) in [4.78, 5) is 24.4. The van der Waals surface area contributed by atoms with Crippen LogP contribution in [0, 0.1) is 6.92 Å². The first-order valence-corrected chi connectivity index (χ1v) is 13.1. The molecule has 1 aliphatic rings. The minimum absolute atomic E-state index is 0.183. The second-order valence-electron chi connectivity index (χ2n) is 10.1. The lowest BCUT2D eigenvalue weighted by Crippen LogP contribution is -2.19. The highest BCUT2D eigenvalue weighted by Gasteiger charge is 2.51. The van der Waals surface area contributed by atoms with Crippen LogP contribution in [0.2, 0.25) is 0 Å². The van der Waals surface area contributed by atoms with Gasteiger partial charge in [0.15, 0.2) is 5.76 Å². The van der Waals surface area contributed by atoms with Crippen molar-refractivity contribution in [1.29, 1.82) is 0 Å². The fourth-order valence-electron chi connectivity index (χ4n) is 4.82. The highest BCUT2D eigenvalue weighted by Crippen LogP contribution is 2.49. The van der Waals surface area contributed by atoms with E-state index in [1.807, 2.05) is 30.3 Å². The number of alkyl halides is 3. The van der Waals surface area contributed by atoms with E-state index in [9.17, 15) is 27.9 Å². The zero-order chi connectivity index (χ0) is 30.2. The second-order valence-corrected chi connectivity index (χ2v) is 10.1. The number of nitrogens with zero attached hydrogens (tertiary/aromatic N) is 1. The number of carbonyl (C=O) groups excluding carboxylic acids is 1. The molecule has 1 saturated carbocycles. The first-order chi connectivity index (χ1) is 19.9. The lowest BCUT2D eigenvalue weighted by atomic mass is 9.93. The lowest BCUT2D eigenvalue weighted by Gasteiger charge is -2.16. The number of aliphatic carboxylic acids is 1. The number of halogens is 3. The Morgan fingerprint density at radius 1 is 1.05 bits per heavy atom. The van der Waals surface area contributed by atoms with Gasteiger partial charge in [0.05, 0.1) is 23.7 Å². The fourth-order valence-corrected chi connectivity index (χ4v) is 4.82. The highest BCUT2D eigenvalue weighted by molar-refractivity contribution is 5.92. The van der Waals surface area contributed by atoms with Gasteiger partial charge in [-0.15, -0.1) is 0 Å². The number of aryl methyl sites for hydroxylation is 1. The number of hydrogen-bond donors (Lipinski definition) is 2. The van der Waals surface area contributed by atoms with Gasteiger partial charge in [0.1, 0.15) is 23.2 Å². The molecular formula is C31H27F3N2O6. The van der Waals surface area contributed by atoms with Gasteiger partial charge in [-0.1, -0.05) is 47.6 Å². The molecule has 0 aliphatic heterocycles. The normalized spacial score (nSPS) is 14.6. The van der Waals surface area contributed by atoms with Crippen molar-refractivity contribution >= 4 is 17.7 Å². The Labute approximate surface area is 239 Å². The van der Waals surface area contributed by atoms with Gasteiger partial charge in [0.2, 0.25) is 0 Å². The number of amides is 1. The monoisotopic (exact) mass is 580 g/mol. The number of anilines is 1. The summed E-state index contributed by atoms with van der Waals surface area (Å²) in [5.74, 6) is -0.195. The standard InChI is InChI=1S/C31H27F3N2O6/c1-17-26(35-29(39)41-18(2)20-5-4-6-23(15-20)31(32,33)34)27(42-36-17)24-12-9-21(16-25(24)40-3)19-7-10-22(11-8-19)30(13-14-30)28(37)38/h4-12,15-16,18H,13-14H2,1-3H3,(H,35,39)(H,37,38)/t18-/m1/s1. The first-order valence-electron chi connectivity index (χ1n) is 13.1. The average molecular weight is 581 g/mol. The van der Waals surface area contributed by atoms with Crippen LogP contribution in [-0.4, -0.2) is 29.4 Å². The number of rotatable bonds is 8. The van der Waals surface area contributed by atoms with Crippen molar-refractivity contribution < 1.29 is 41.9 Å². The molecule has 1 fully saturated rings.